The fourth-order valence-electron chi connectivity index (χ4n) is 3.22. The number of ether oxygens (including phenoxy) is 2. The highest BCUT2D eigenvalue weighted by Crippen LogP contribution is 2.21. The Morgan fingerprint density at radius 1 is 1.17 bits per heavy atom. The van der Waals surface area contributed by atoms with Crippen molar-refractivity contribution in [2.24, 2.45) is 0 Å². The molecular weight excluding hydrogens is 379 g/mol. The molecule has 0 saturated heterocycles. The monoisotopic (exact) mass is 404 g/mol. The van der Waals surface area contributed by atoms with Crippen LogP contribution in [0.15, 0.2) is 30.3 Å². The predicted octanol–water partition coefficient (Wildman–Crippen LogP) is 2.61. The summed E-state index contributed by atoms with van der Waals surface area (Å²) in [6.45, 7) is 5.28. The lowest BCUT2D eigenvalue weighted by molar-refractivity contribution is -0.141. The van der Waals surface area contributed by atoms with Crippen LogP contribution in [0, 0.1) is 19.7 Å². The molecule has 1 aromatic heterocycles. The van der Waals surface area contributed by atoms with Crippen LogP contribution in [0.4, 0.5) is 4.39 Å². The van der Waals surface area contributed by atoms with Crippen molar-refractivity contribution in [3.05, 3.63) is 58.7 Å². The number of hydrogen-bond donors (Lipinski definition) is 1. The number of halogens is 1. The van der Waals surface area contributed by atoms with Crippen LogP contribution in [0.2, 0.25) is 0 Å². The van der Waals surface area contributed by atoms with Crippen molar-refractivity contribution in [1.82, 2.24) is 9.88 Å². The van der Waals surface area contributed by atoms with Crippen LogP contribution in [0.5, 0.6) is 0 Å². The van der Waals surface area contributed by atoms with E-state index in [-0.39, 0.29) is 17.4 Å². The average Bonchev–Trinajstić information content (AvgIpc) is 2.99. The number of benzene rings is 1. The zero-order chi connectivity index (χ0) is 21.6. The number of carbonyl (C=O) groups is 3. The van der Waals surface area contributed by atoms with Crippen LogP contribution in [0.3, 0.4) is 0 Å². The third kappa shape index (κ3) is 5.51. The van der Waals surface area contributed by atoms with Gasteiger partial charge in [-0.2, -0.15) is 0 Å². The smallest absolute Gasteiger partial charge is 0.325 e. The Kier molecular flexibility index (Phi) is 7.67. The van der Waals surface area contributed by atoms with Crippen molar-refractivity contribution in [1.29, 1.82) is 0 Å². The van der Waals surface area contributed by atoms with Gasteiger partial charge in [0.25, 0.3) is 5.91 Å². The van der Waals surface area contributed by atoms with E-state index in [1.807, 2.05) is 25.3 Å². The summed E-state index contributed by atoms with van der Waals surface area (Å²) in [7, 11) is 1.61. The highest BCUT2D eigenvalue weighted by atomic mass is 19.1. The van der Waals surface area contributed by atoms with Gasteiger partial charge >= 0.3 is 5.97 Å². The molecular formula is C21H25FN2O5. The van der Waals surface area contributed by atoms with Gasteiger partial charge in [-0.05, 0) is 39.0 Å². The van der Waals surface area contributed by atoms with Crippen LogP contribution < -0.4 is 5.32 Å². The molecule has 1 aromatic carbocycles. The number of aromatic nitrogens is 1. The van der Waals surface area contributed by atoms with Gasteiger partial charge in [0.1, 0.15) is 12.4 Å². The van der Waals surface area contributed by atoms with Crippen molar-refractivity contribution in [2.45, 2.75) is 26.8 Å². The van der Waals surface area contributed by atoms with Crippen LogP contribution >= 0.6 is 0 Å². The third-order valence-corrected chi connectivity index (χ3v) is 4.51. The molecule has 0 bridgehead atoms. The zero-order valence-corrected chi connectivity index (χ0v) is 17.0. The van der Waals surface area contributed by atoms with Gasteiger partial charge in [0, 0.05) is 24.1 Å². The summed E-state index contributed by atoms with van der Waals surface area (Å²) in [4.78, 5) is 36.2. The van der Waals surface area contributed by atoms with Gasteiger partial charge < -0.3 is 19.4 Å². The Morgan fingerprint density at radius 2 is 1.86 bits per heavy atom. The molecule has 1 heterocycles. The van der Waals surface area contributed by atoms with E-state index in [2.05, 4.69) is 5.32 Å². The molecule has 2 rings (SSSR count). The summed E-state index contributed by atoms with van der Waals surface area (Å²) >= 11 is 0. The first-order chi connectivity index (χ1) is 13.8. The Labute approximate surface area is 168 Å². The first-order valence-corrected chi connectivity index (χ1v) is 9.15. The highest BCUT2D eigenvalue weighted by molar-refractivity contribution is 6.00. The molecule has 8 heteroatoms. The summed E-state index contributed by atoms with van der Waals surface area (Å²) in [6, 6.07) is 7.23. The van der Waals surface area contributed by atoms with E-state index in [4.69, 9.17) is 9.47 Å². The van der Waals surface area contributed by atoms with E-state index in [1.54, 1.807) is 13.2 Å². The molecule has 0 radical (unpaired) electrons. The van der Waals surface area contributed by atoms with E-state index in [0.717, 1.165) is 17.5 Å². The van der Waals surface area contributed by atoms with Crippen molar-refractivity contribution in [3.8, 4) is 0 Å². The fraction of sp³-hybridized carbons (Fsp3) is 0.381. The van der Waals surface area contributed by atoms with Crippen LogP contribution in [0.1, 0.15) is 45.1 Å². The maximum absolute atomic E-state index is 13.6. The molecule has 0 fully saturated rings. The molecule has 0 saturated carbocycles. The van der Waals surface area contributed by atoms with Crippen LogP contribution in [0.25, 0.3) is 0 Å². The largest absolute Gasteiger partial charge is 0.456 e. The number of carbonyl (C=O) groups excluding carboxylic acids is 3. The third-order valence-electron chi connectivity index (χ3n) is 4.51. The Morgan fingerprint density at radius 3 is 2.52 bits per heavy atom. The quantitative estimate of drug-likeness (QED) is 0.513. The SMILES string of the molecule is COC[C@@H](C)n1c(C)cc(C(=O)COC(=O)CNC(=O)c2ccccc2F)c1C. The summed E-state index contributed by atoms with van der Waals surface area (Å²) in [6.07, 6.45) is 0. The molecule has 0 aliphatic heterocycles. The van der Waals surface area contributed by atoms with Gasteiger partial charge in [0.2, 0.25) is 5.78 Å². The number of rotatable bonds is 9. The molecule has 0 aliphatic rings. The van der Waals surface area contributed by atoms with Gasteiger partial charge in [0.15, 0.2) is 6.61 Å². The maximum atomic E-state index is 13.6. The number of nitrogens with zero attached hydrogens (tertiary/aromatic N) is 1. The van der Waals surface area contributed by atoms with E-state index in [9.17, 15) is 18.8 Å². The van der Waals surface area contributed by atoms with Crippen molar-refractivity contribution in [3.63, 3.8) is 0 Å². The lowest BCUT2D eigenvalue weighted by Gasteiger charge is -2.17. The second-order valence-corrected chi connectivity index (χ2v) is 6.71. The number of methoxy groups -OCH3 is 1. The molecule has 29 heavy (non-hydrogen) atoms. The van der Waals surface area contributed by atoms with Crippen LogP contribution in [-0.2, 0) is 14.3 Å². The lowest BCUT2D eigenvalue weighted by Crippen LogP contribution is -2.32. The topological polar surface area (TPSA) is 86.6 Å². The van der Waals surface area contributed by atoms with Gasteiger partial charge in [-0.15, -0.1) is 0 Å². The van der Waals surface area contributed by atoms with Gasteiger partial charge in [-0.3, -0.25) is 14.4 Å². The van der Waals surface area contributed by atoms with Crippen molar-refractivity contribution >= 4 is 17.7 Å². The van der Waals surface area contributed by atoms with E-state index < -0.39 is 30.8 Å². The van der Waals surface area contributed by atoms with Crippen molar-refractivity contribution in [2.75, 3.05) is 26.9 Å². The second-order valence-electron chi connectivity index (χ2n) is 6.71. The van der Waals surface area contributed by atoms with E-state index in [0.29, 0.717) is 12.2 Å². The molecule has 1 atom stereocenters. The molecule has 0 unspecified atom stereocenters. The number of nitrogens with one attached hydrogen (secondary N) is 1. The summed E-state index contributed by atoms with van der Waals surface area (Å²) < 4.78 is 25.7. The molecule has 156 valence electrons. The minimum absolute atomic E-state index is 0.0534. The number of Topliss-reactive ketones (excluding diaryl/α,β-unsaturated/α-hetero) is 1. The number of aryl methyl sites for hydroxylation is 1. The number of esters is 1. The van der Waals surface area contributed by atoms with Gasteiger partial charge in [-0.1, -0.05) is 12.1 Å². The molecule has 1 amide bonds. The standard InChI is InChI=1S/C21H25FN2O5/c1-13-9-17(15(3)24(13)14(2)11-28-4)19(25)12-29-20(26)10-23-21(27)16-7-5-6-8-18(16)22/h5-9,14H,10-12H2,1-4H3,(H,23,27)/t14-/m1/s1. The van der Waals surface area contributed by atoms with Crippen LogP contribution in [-0.4, -0.2) is 49.1 Å². The molecule has 7 nitrogen and oxygen atoms in total. The first-order valence-electron chi connectivity index (χ1n) is 9.15. The number of amides is 1. The predicted molar refractivity (Wildman–Crippen MR) is 105 cm³/mol. The Hall–Kier alpha value is -3.00. The number of ketones is 1. The molecule has 2 aromatic rings. The first kappa shape index (κ1) is 22.3. The molecule has 0 spiro atoms. The van der Waals surface area contributed by atoms with E-state index >= 15 is 0 Å². The molecule has 0 aliphatic carbocycles. The number of hydrogen-bond acceptors (Lipinski definition) is 5. The van der Waals surface area contributed by atoms with Gasteiger partial charge in [-0.25, -0.2) is 4.39 Å². The normalized spacial score (nSPS) is 11.8. The Bertz CT molecular complexity index is 906. The summed E-state index contributed by atoms with van der Waals surface area (Å²) in [5.74, 6) is -2.55. The van der Waals surface area contributed by atoms with E-state index in [1.165, 1.54) is 18.2 Å². The average molecular weight is 404 g/mol. The maximum Gasteiger partial charge on any atom is 0.325 e. The fourth-order valence-corrected chi connectivity index (χ4v) is 3.22. The summed E-state index contributed by atoms with van der Waals surface area (Å²) in [5.41, 5.74) is 1.96. The highest BCUT2D eigenvalue weighted by Gasteiger charge is 2.20. The molecule has 1 N–H and O–H groups in total. The van der Waals surface area contributed by atoms with Gasteiger partial charge in [0.05, 0.1) is 18.2 Å². The minimum Gasteiger partial charge on any atom is -0.456 e. The zero-order valence-electron chi connectivity index (χ0n) is 17.0. The minimum atomic E-state index is -0.787. The summed E-state index contributed by atoms with van der Waals surface area (Å²) in [5, 5.41) is 2.27. The Balaban J connectivity index is 1.91. The second kappa shape index (κ2) is 9.97. The van der Waals surface area contributed by atoms with Crippen molar-refractivity contribution < 1.29 is 28.2 Å². The lowest BCUT2D eigenvalue weighted by atomic mass is 10.1.